The van der Waals surface area contributed by atoms with Crippen molar-refractivity contribution in [1.82, 2.24) is 5.32 Å². The fourth-order valence-electron chi connectivity index (χ4n) is 4.99. The van der Waals surface area contributed by atoms with Crippen LogP contribution in [0.1, 0.15) is 43.2 Å². The third-order valence-electron chi connectivity index (χ3n) is 5.71. The molecular weight excluding hydrogens is 258 g/mol. The smallest absolute Gasteiger partial charge is 0.134 e. The summed E-state index contributed by atoms with van der Waals surface area (Å²) in [5.74, 6) is 0.970. The summed E-state index contributed by atoms with van der Waals surface area (Å²) < 4.78 is 0. The van der Waals surface area contributed by atoms with Crippen LogP contribution in [0.15, 0.2) is 12.1 Å². The summed E-state index contributed by atoms with van der Waals surface area (Å²) in [4.78, 5) is 0. The molecule has 1 aliphatic heterocycles. The first kappa shape index (κ1) is 12.0. The molecule has 1 saturated heterocycles. The van der Waals surface area contributed by atoms with Gasteiger partial charge < -0.3 is 10.4 Å². The molecule has 0 spiro atoms. The van der Waals surface area contributed by atoms with Gasteiger partial charge in [-0.25, -0.2) is 0 Å². The lowest BCUT2D eigenvalue weighted by Crippen LogP contribution is -2.59. The van der Waals surface area contributed by atoms with Gasteiger partial charge in [0.25, 0.3) is 0 Å². The van der Waals surface area contributed by atoms with E-state index in [1.165, 1.54) is 43.2 Å². The molecule has 2 bridgehead atoms. The van der Waals surface area contributed by atoms with Crippen LogP contribution in [0.25, 0.3) is 0 Å². The fraction of sp³-hybridized carbons (Fsp3) is 0.625. The number of aromatic hydroxyl groups is 1. The molecule has 3 atom stereocenters. The predicted molar refractivity (Wildman–Crippen MR) is 76.9 cm³/mol. The number of fused-ring (bicyclic) bond motifs is 1. The van der Waals surface area contributed by atoms with Gasteiger partial charge in [0, 0.05) is 11.5 Å². The van der Waals surface area contributed by atoms with Gasteiger partial charge in [-0.15, -0.1) is 0 Å². The fourth-order valence-corrected chi connectivity index (χ4v) is 5.36. The number of halogens is 1. The molecule has 2 fully saturated rings. The molecule has 0 amide bonds. The lowest BCUT2D eigenvalue weighted by molar-refractivity contribution is 0.0796. The van der Waals surface area contributed by atoms with Crippen LogP contribution in [0.4, 0.5) is 0 Å². The van der Waals surface area contributed by atoms with Crippen molar-refractivity contribution >= 4 is 11.6 Å². The highest BCUT2D eigenvalue weighted by Gasteiger charge is 2.52. The lowest BCUT2D eigenvalue weighted by atomic mass is 9.53. The normalized spacial score (nSPS) is 36.5. The molecule has 0 radical (unpaired) electrons. The molecular formula is C16H20ClNO. The van der Waals surface area contributed by atoms with Crippen molar-refractivity contribution in [3.63, 3.8) is 0 Å². The van der Waals surface area contributed by atoms with Crippen LogP contribution in [0, 0.1) is 5.92 Å². The summed E-state index contributed by atoms with van der Waals surface area (Å²) >= 11 is 6.50. The molecule has 1 aromatic rings. The second-order valence-electron chi connectivity index (χ2n) is 6.46. The molecule has 1 saturated carbocycles. The maximum Gasteiger partial charge on any atom is 0.134 e. The van der Waals surface area contributed by atoms with Crippen molar-refractivity contribution in [2.45, 2.75) is 50.0 Å². The molecule has 2 N–H and O–H groups in total. The maximum absolute atomic E-state index is 10.0. The number of piperidine rings is 1. The third-order valence-corrected chi connectivity index (χ3v) is 6.09. The van der Waals surface area contributed by atoms with E-state index in [1.807, 2.05) is 0 Å². The molecule has 0 aromatic heterocycles. The summed E-state index contributed by atoms with van der Waals surface area (Å²) in [6, 6.07) is 4.46. The average Bonchev–Trinajstić information content (AvgIpc) is 2.42. The Balaban J connectivity index is 1.96. The van der Waals surface area contributed by atoms with Gasteiger partial charge in [0.05, 0.1) is 5.02 Å². The highest BCUT2D eigenvalue weighted by Crippen LogP contribution is 2.56. The minimum atomic E-state index is 0.234. The third kappa shape index (κ3) is 1.53. The van der Waals surface area contributed by atoms with E-state index in [-0.39, 0.29) is 11.2 Å². The van der Waals surface area contributed by atoms with Gasteiger partial charge in [-0.2, -0.15) is 0 Å². The van der Waals surface area contributed by atoms with Crippen molar-refractivity contribution in [3.05, 3.63) is 28.3 Å². The molecule has 3 aliphatic rings. The second kappa shape index (κ2) is 4.13. The lowest BCUT2D eigenvalue weighted by Gasteiger charge is -2.56. The number of benzene rings is 1. The molecule has 1 aromatic carbocycles. The first-order valence-electron chi connectivity index (χ1n) is 7.46. The van der Waals surface area contributed by atoms with Gasteiger partial charge in [-0.1, -0.05) is 30.5 Å². The van der Waals surface area contributed by atoms with Crippen LogP contribution in [0.3, 0.4) is 0 Å². The van der Waals surface area contributed by atoms with Crippen LogP contribution < -0.4 is 5.32 Å². The topological polar surface area (TPSA) is 32.3 Å². The van der Waals surface area contributed by atoms with Gasteiger partial charge in [-0.3, -0.25) is 0 Å². The van der Waals surface area contributed by atoms with E-state index in [2.05, 4.69) is 11.4 Å². The Morgan fingerprint density at radius 1 is 1.26 bits per heavy atom. The molecule has 2 aliphatic carbocycles. The molecule has 3 heteroatoms. The number of nitrogens with one attached hydrogen (secondary N) is 1. The van der Waals surface area contributed by atoms with Gasteiger partial charge in [0.1, 0.15) is 5.75 Å². The first-order valence-corrected chi connectivity index (χ1v) is 7.84. The van der Waals surface area contributed by atoms with Crippen molar-refractivity contribution in [2.24, 2.45) is 5.92 Å². The summed E-state index contributed by atoms with van der Waals surface area (Å²) in [7, 11) is 0. The molecule has 3 unspecified atom stereocenters. The second-order valence-corrected chi connectivity index (χ2v) is 6.83. The Bertz CT molecular complexity index is 526. The van der Waals surface area contributed by atoms with Crippen LogP contribution in [-0.2, 0) is 11.8 Å². The summed E-state index contributed by atoms with van der Waals surface area (Å²) in [5.41, 5.74) is 2.88. The number of hydrogen-bond donors (Lipinski definition) is 2. The number of phenolic OH excluding ortho intramolecular Hbond substituents is 1. The average molecular weight is 278 g/mol. The van der Waals surface area contributed by atoms with Crippen molar-refractivity contribution in [3.8, 4) is 5.75 Å². The van der Waals surface area contributed by atoms with Crippen LogP contribution in [-0.4, -0.2) is 17.7 Å². The Labute approximate surface area is 119 Å². The number of phenols is 1. The van der Waals surface area contributed by atoms with Crippen LogP contribution >= 0.6 is 11.6 Å². The molecule has 2 nitrogen and oxygen atoms in total. The van der Waals surface area contributed by atoms with E-state index in [0.29, 0.717) is 17.0 Å². The largest absolute Gasteiger partial charge is 0.506 e. The van der Waals surface area contributed by atoms with Gasteiger partial charge in [-0.05, 0) is 55.3 Å². The van der Waals surface area contributed by atoms with Gasteiger partial charge >= 0.3 is 0 Å². The van der Waals surface area contributed by atoms with E-state index in [0.717, 1.165) is 13.0 Å². The molecule has 4 rings (SSSR count). The Morgan fingerprint density at radius 2 is 2.16 bits per heavy atom. The maximum atomic E-state index is 10.0. The highest BCUT2D eigenvalue weighted by molar-refractivity contribution is 6.33. The number of hydrogen-bond acceptors (Lipinski definition) is 2. The zero-order chi connectivity index (χ0) is 13.0. The number of rotatable bonds is 0. The van der Waals surface area contributed by atoms with E-state index in [4.69, 9.17) is 11.6 Å². The van der Waals surface area contributed by atoms with E-state index in [9.17, 15) is 5.11 Å². The summed E-state index contributed by atoms with van der Waals surface area (Å²) in [5, 5.41) is 14.4. The minimum absolute atomic E-state index is 0.234. The van der Waals surface area contributed by atoms with Gasteiger partial charge in [0.15, 0.2) is 0 Å². The molecule has 19 heavy (non-hydrogen) atoms. The van der Waals surface area contributed by atoms with Crippen molar-refractivity contribution in [1.29, 1.82) is 0 Å². The van der Waals surface area contributed by atoms with Gasteiger partial charge in [0.2, 0.25) is 0 Å². The molecule has 1 heterocycles. The molecule has 102 valence electrons. The van der Waals surface area contributed by atoms with Crippen molar-refractivity contribution < 1.29 is 5.11 Å². The quantitative estimate of drug-likeness (QED) is 0.762. The Hall–Kier alpha value is -0.730. The van der Waals surface area contributed by atoms with Crippen molar-refractivity contribution in [2.75, 3.05) is 6.54 Å². The van der Waals surface area contributed by atoms with E-state index in [1.54, 1.807) is 6.07 Å². The van der Waals surface area contributed by atoms with E-state index < -0.39 is 0 Å². The minimum Gasteiger partial charge on any atom is -0.506 e. The predicted octanol–water partition coefficient (Wildman–Crippen LogP) is 3.39. The van der Waals surface area contributed by atoms with Crippen LogP contribution in [0.5, 0.6) is 5.75 Å². The highest BCUT2D eigenvalue weighted by atomic mass is 35.5. The zero-order valence-electron chi connectivity index (χ0n) is 11.1. The Morgan fingerprint density at radius 3 is 3.05 bits per heavy atom. The monoisotopic (exact) mass is 277 g/mol. The zero-order valence-corrected chi connectivity index (χ0v) is 11.8. The van der Waals surface area contributed by atoms with Crippen LogP contribution in [0.2, 0.25) is 5.02 Å². The standard InChI is InChI=1S/C16H20ClNO/c17-15-13(19)5-4-10-9-12-11-3-1-2-6-16(11,14(10)15)7-8-18-12/h4-5,11-12,18-19H,1-3,6-9H2. The first-order chi connectivity index (χ1) is 9.22. The summed E-state index contributed by atoms with van der Waals surface area (Å²) in [6.07, 6.45) is 7.44. The Kier molecular flexibility index (Phi) is 2.62. The summed E-state index contributed by atoms with van der Waals surface area (Å²) in [6.45, 7) is 1.09. The SMILES string of the molecule is Oc1ccc2c(c1Cl)C13CCCCC1C(C2)NCC3. The van der Waals surface area contributed by atoms with E-state index >= 15 is 0 Å².